The number of ketones is 1. The first kappa shape index (κ1) is 14.7. The zero-order chi connectivity index (χ0) is 14.9. The Morgan fingerprint density at radius 2 is 1.90 bits per heavy atom. The molecular formula is C16H16N2O3. The van der Waals surface area contributed by atoms with Crippen molar-refractivity contribution >= 4 is 5.78 Å². The Balaban J connectivity index is 1.91. The summed E-state index contributed by atoms with van der Waals surface area (Å²) in [6.07, 6.45) is 6.21. The molecule has 0 atom stereocenters. The van der Waals surface area contributed by atoms with Crippen molar-refractivity contribution in [1.82, 2.24) is 10.3 Å². The SMILES string of the molecule is O=C(/C=C\NCO)c1ccc(OCc2ccncc2)cc1. The number of nitrogens with one attached hydrogen (secondary N) is 1. The van der Waals surface area contributed by atoms with Crippen LogP contribution in [-0.2, 0) is 6.61 Å². The van der Waals surface area contributed by atoms with Crippen LogP contribution in [0.25, 0.3) is 0 Å². The van der Waals surface area contributed by atoms with Crippen LogP contribution in [0.3, 0.4) is 0 Å². The second-order valence-electron chi connectivity index (χ2n) is 4.23. The van der Waals surface area contributed by atoms with Gasteiger partial charge in [-0.3, -0.25) is 9.78 Å². The highest BCUT2D eigenvalue weighted by molar-refractivity contribution is 6.04. The third-order valence-electron chi connectivity index (χ3n) is 2.74. The molecule has 0 unspecified atom stereocenters. The predicted octanol–water partition coefficient (Wildman–Crippen LogP) is 1.90. The van der Waals surface area contributed by atoms with Crippen molar-refractivity contribution in [2.75, 3.05) is 6.73 Å². The molecule has 1 aromatic heterocycles. The second-order valence-corrected chi connectivity index (χ2v) is 4.23. The third-order valence-corrected chi connectivity index (χ3v) is 2.74. The van der Waals surface area contributed by atoms with E-state index in [4.69, 9.17) is 9.84 Å². The van der Waals surface area contributed by atoms with Crippen molar-refractivity contribution in [2.45, 2.75) is 6.61 Å². The van der Waals surface area contributed by atoms with Crippen LogP contribution in [-0.4, -0.2) is 22.6 Å². The minimum atomic E-state index is -0.203. The maximum Gasteiger partial charge on any atom is 0.187 e. The zero-order valence-corrected chi connectivity index (χ0v) is 11.4. The maximum absolute atomic E-state index is 11.8. The van der Waals surface area contributed by atoms with Crippen LogP contribution in [0.4, 0.5) is 0 Å². The number of hydrogen-bond donors (Lipinski definition) is 2. The monoisotopic (exact) mass is 284 g/mol. The van der Waals surface area contributed by atoms with Gasteiger partial charge in [-0.2, -0.15) is 0 Å². The lowest BCUT2D eigenvalue weighted by molar-refractivity contribution is 0.104. The molecule has 1 heterocycles. The number of aliphatic hydroxyl groups is 1. The van der Waals surface area contributed by atoms with Gasteiger partial charge in [0.15, 0.2) is 5.78 Å². The second kappa shape index (κ2) is 7.81. The fraction of sp³-hybridized carbons (Fsp3) is 0.125. The summed E-state index contributed by atoms with van der Waals surface area (Å²) in [6.45, 7) is 0.252. The van der Waals surface area contributed by atoms with Crippen molar-refractivity contribution < 1.29 is 14.6 Å². The van der Waals surface area contributed by atoms with Crippen LogP contribution >= 0.6 is 0 Å². The molecule has 0 aliphatic heterocycles. The number of carbonyl (C=O) groups excluding carboxylic acids is 1. The average molecular weight is 284 g/mol. The van der Waals surface area contributed by atoms with Gasteiger partial charge in [0, 0.05) is 30.2 Å². The van der Waals surface area contributed by atoms with Gasteiger partial charge in [-0.1, -0.05) is 0 Å². The summed E-state index contributed by atoms with van der Waals surface area (Å²) in [6, 6.07) is 10.7. The van der Waals surface area contributed by atoms with Gasteiger partial charge in [-0.05, 0) is 42.0 Å². The van der Waals surface area contributed by atoms with E-state index in [1.165, 1.54) is 12.3 Å². The van der Waals surface area contributed by atoms with Crippen molar-refractivity contribution in [1.29, 1.82) is 0 Å². The number of benzene rings is 1. The summed E-state index contributed by atoms with van der Waals surface area (Å²) in [4.78, 5) is 15.7. The average Bonchev–Trinajstić information content (AvgIpc) is 2.54. The minimum Gasteiger partial charge on any atom is -0.489 e. The van der Waals surface area contributed by atoms with Crippen LogP contribution in [0, 0.1) is 0 Å². The Hall–Kier alpha value is -2.66. The maximum atomic E-state index is 11.8. The van der Waals surface area contributed by atoms with E-state index in [1.54, 1.807) is 36.7 Å². The molecule has 0 fully saturated rings. The van der Waals surface area contributed by atoms with E-state index >= 15 is 0 Å². The molecule has 0 saturated carbocycles. The largest absolute Gasteiger partial charge is 0.489 e. The zero-order valence-electron chi connectivity index (χ0n) is 11.4. The van der Waals surface area contributed by atoms with E-state index in [0.29, 0.717) is 17.9 Å². The summed E-state index contributed by atoms with van der Waals surface area (Å²) < 4.78 is 5.62. The van der Waals surface area contributed by atoms with Crippen LogP contribution in [0.15, 0.2) is 61.1 Å². The van der Waals surface area contributed by atoms with Crippen molar-refractivity contribution in [3.8, 4) is 5.75 Å². The molecule has 0 saturated heterocycles. The fourth-order valence-corrected chi connectivity index (χ4v) is 1.64. The molecule has 2 N–H and O–H groups in total. The third kappa shape index (κ3) is 4.74. The van der Waals surface area contributed by atoms with Crippen LogP contribution in [0.1, 0.15) is 15.9 Å². The number of allylic oxidation sites excluding steroid dienone is 1. The summed E-state index contributed by atoms with van der Waals surface area (Å²) in [5, 5.41) is 11.1. The molecule has 108 valence electrons. The van der Waals surface area contributed by atoms with Gasteiger partial charge in [0.25, 0.3) is 0 Å². The molecule has 21 heavy (non-hydrogen) atoms. The molecule has 0 amide bonds. The highest BCUT2D eigenvalue weighted by atomic mass is 16.5. The standard InChI is InChI=1S/C16H16N2O3/c19-12-18-10-7-16(20)14-1-3-15(4-2-14)21-11-13-5-8-17-9-6-13/h1-10,18-19H,11-12H2/b10-7-. The Labute approximate surface area is 122 Å². The molecule has 5 heteroatoms. The summed E-state index contributed by atoms with van der Waals surface area (Å²) in [7, 11) is 0. The van der Waals surface area contributed by atoms with Gasteiger partial charge in [0.2, 0.25) is 0 Å². The van der Waals surface area contributed by atoms with Gasteiger partial charge >= 0.3 is 0 Å². The van der Waals surface area contributed by atoms with E-state index in [0.717, 1.165) is 5.56 Å². The first-order valence-corrected chi connectivity index (χ1v) is 6.46. The van der Waals surface area contributed by atoms with Crippen molar-refractivity contribution in [2.24, 2.45) is 0 Å². The number of nitrogens with zero attached hydrogens (tertiary/aromatic N) is 1. The fourth-order valence-electron chi connectivity index (χ4n) is 1.64. The molecule has 0 spiro atoms. The van der Waals surface area contributed by atoms with Gasteiger partial charge < -0.3 is 15.2 Å². The molecule has 2 aromatic rings. The van der Waals surface area contributed by atoms with Gasteiger partial charge in [0.1, 0.15) is 19.1 Å². The van der Waals surface area contributed by atoms with Crippen LogP contribution in [0.5, 0.6) is 5.75 Å². The summed E-state index contributed by atoms with van der Waals surface area (Å²) >= 11 is 0. The van der Waals surface area contributed by atoms with E-state index in [-0.39, 0.29) is 12.5 Å². The van der Waals surface area contributed by atoms with E-state index in [2.05, 4.69) is 10.3 Å². The summed E-state index contributed by atoms with van der Waals surface area (Å²) in [5.74, 6) is 0.553. The number of ether oxygens (including phenoxy) is 1. The van der Waals surface area contributed by atoms with Crippen LogP contribution < -0.4 is 10.1 Å². The molecule has 0 aliphatic carbocycles. The predicted molar refractivity (Wildman–Crippen MR) is 78.7 cm³/mol. The highest BCUT2D eigenvalue weighted by Gasteiger charge is 2.02. The van der Waals surface area contributed by atoms with Gasteiger partial charge in [-0.25, -0.2) is 0 Å². The minimum absolute atomic E-state index is 0.142. The Kier molecular flexibility index (Phi) is 5.49. The number of hydrogen-bond acceptors (Lipinski definition) is 5. The van der Waals surface area contributed by atoms with Crippen molar-refractivity contribution in [3.05, 3.63) is 72.2 Å². The Morgan fingerprint density at radius 3 is 2.57 bits per heavy atom. The molecular weight excluding hydrogens is 268 g/mol. The topological polar surface area (TPSA) is 71.5 Å². The van der Waals surface area contributed by atoms with Gasteiger partial charge in [-0.15, -0.1) is 0 Å². The number of pyridine rings is 1. The number of carbonyl (C=O) groups is 1. The van der Waals surface area contributed by atoms with E-state index in [9.17, 15) is 4.79 Å². The highest BCUT2D eigenvalue weighted by Crippen LogP contribution is 2.14. The van der Waals surface area contributed by atoms with Gasteiger partial charge in [0.05, 0.1) is 0 Å². The summed E-state index contributed by atoms with van der Waals surface area (Å²) in [5.41, 5.74) is 1.59. The van der Waals surface area contributed by atoms with E-state index in [1.807, 2.05) is 12.1 Å². The first-order chi connectivity index (χ1) is 10.3. The van der Waals surface area contributed by atoms with E-state index < -0.39 is 0 Å². The number of rotatable bonds is 7. The first-order valence-electron chi connectivity index (χ1n) is 6.46. The van der Waals surface area contributed by atoms with Crippen molar-refractivity contribution in [3.63, 3.8) is 0 Å². The van der Waals surface area contributed by atoms with Crippen LogP contribution in [0.2, 0.25) is 0 Å². The Morgan fingerprint density at radius 1 is 1.19 bits per heavy atom. The molecule has 2 rings (SSSR count). The Bertz CT molecular complexity index is 595. The number of aliphatic hydroxyl groups excluding tert-OH is 1. The molecule has 0 radical (unpaired) electrons. The lowest BCUT2D eigenvalue weighted by Gasteiger charge is -2.06. The number of aromatic nitrogens is 1. The smallest absolute Gasteiger partial charge is 0.187 e. The molecule has 0 aliphatic rings. The lowest BCUT2D eigenvalue weighted by Crippen LogP contribution is -2.06. The quantitative estimate of drug-likeness (QED) is 0.461. The normalized spacial score (nSPS) is 10.5. The lowest BCUT2D eigenvalue weighted by atomic mass is 10.1. The molecule has 5 nitrogen and oxygen atoms in total. The molecule has 1 aromatic carbocycles. The molecule has 0 bridgehead atoms.